The molecule has 0 atom stereocenters. The highest BCUT2D eigenvalue weighted by Gasteiger charge is 2.21. The molecular formula is C22H23NO5S. The second kappa shape index (κ2) is 9.52. The van der Waals surface area contributed by atoms with Crippen LogP contribution in [0.2, 0.25) is 0 Å². The maximum Gasteiger partial charge on any atom is 0.307 e. The van der Waals surface area contributed by atoms with E-state index in [1.165, 1.54) is 17.7 Å². The second-order valence-electron chi connectivity index (χ2n) is 6.73. The molecule has 1 heterocycles. The summed E-state index contributed by atoms with van der Waals surface area (Å²) in [6.07, 6.45) is 2.45. The zero-order valence-electron chi connectivity index (χ0n) is 16.0. The highest BCUT2D eigenvalue weighted by atomic mass is 32.2. The van der Waals surface area contributed by atoms with Gasteiger partial charge in [0.05, 0.1) is 17.1 Å². The zero-order chi connectivity index (χ0) is 20.7. The van der Waals surface area contributed by atoms with Gasteiger partial charge in [-0.15, -0.1) is 0 Å². The molecule has 2 aromatic rings. The van der Waals surface area contributed by atoms with Gasteiger partial charge in [-0.25, -0.2) is 8.42 Å². The molecule has 0 aromatic heterocycles. The molecule has 0 N–H and O–H groups in total. The molecule has 29 heavy (non-hydrogen) atoms. The van der Waals surface area contributed by atoms with Gasteiger partial charge in [0.25, 0.3) is 5.91 Å². The number of rotatable bonds is 7. The molecule has 0 spiro atoms. The SMILES string of the molecule is O=C(CCS(=O)(=O)c1ccccc1)OCC(=O)N1CC=C(c2ccccc2)CC1. The third kappa shape index (κ3) is 5.77. The van der Waals surface area contributed by atoms with Gasteiger partial charge in [-0.05, 0) is 29.7 Å². The van der Waals surface area contributed by atoms with Crippen LogP contribution >= 0.6 is 0 Å². The van der Waals surface area contributed by atoms with Crippen molar-refractivity contribution >= 4 is 27.3 Å². The summed E-state index contributed by atoms with van der Waals surface area (Å²) in [5.41, 5.74) is 2.34. The fourth-order valence-electron chi connectivity index (χ4n) is 3.08. The topological polar surface area (TPSA) is 80.7 Å². The van der Waals surface area contributed by atoms with Crippen LogP contribution in [-0.2, 0) is 24.2 Å². The van der Waals surface area contributed by atoms with E-state index in [1.807, 2.05) is 36.4 Å². The Morgan fingerprint density at radius 3 is 2.24 bits per heavy atom. The fraction of sp³-hybridized carbons (Fsp3) is 0.273. The number of amides is 1. The van der Waals surface area contributed by atoms with Gasteiger partial charge in [-0.2, -0.15) is 0 Å². The Hall–Kier alpha value is -2.93. The molecule has 0 unspecified atom stereocenters. The number of benzene rings is 2. The molecule has 0 fully saturated rings. The van der Waals surface area contributed by atoms with Crippen molar-refractivity contribution in [2.75, 3.05) is 25.4 Å². The molecular weight excluding hydrogens is 390 g/mol. The summed E-state index contributed by atoms with van der Waals surface area (Å²) in [6, 6.07) is 17.9. The van der Waals surface area contributed by atoms with Crippen LogP contribution in [0.15, 0.2) is 71.6 Å². The lowest BCUT2D eigenvalue weighted by atomic mass is 10.00. The average molecular weight is 413 g/mol. The van der Waals surface area contributed by atoms with Gasteiger partial charge >= 0.3 is 5.97 Å². The number of nitrogens with zero attached hydrogens (tertiary/aromatic N) is 1. The Morgan fingerprint density at radius 1 is 0.966 bits per heavy atom. The van der Waals surface area contributed by atoms with E-state index < -0.39 is 15.8 Å². The van der Waals surface area contributed by atoms with Crippen LogP contribution in [0.1, 0.15) is 18.4 Å². The van der Waals surface area contributed by atoms with Crippen molar-refractivity contribution in [3.8, 4) is 0 Å². The van der Waals surface area contributed by atoms with Gasteiger partial charge in [0.1, 0.15) is 0 Å². The zero-order valence-corrected chi connectivity index (χ0v) is 16.8. The summed E-state index contributed by atoms with van der Waals surface area (Å²) in [4.78, 5) is 25.9. The molecule has 1 amide bonds. The molecule has 0 saturated carbocycles. The van der Waals surface area contributed by atoms with Crippen molar-refractivity contribution < 1.29 is 22.7 Å². The Morgan fingerprint density at radius 2 is 1.62 bits per heavy atom. The summed E-state index contributed by atoms with van der Waals surface area (Å²) < 4.78 is 29.3. The van der Waals surface area contributed by atoms with E-state index in [0.29, 0.717) is 13.1 Å². The number of hydrogen-bond donors (Lipinski definition) is 0. The average Bonchev–Trinajstić information content (AvgIpc) is 2.77. The lowest BCUT2D eigenvalue weighted by Crippen LogP contribution is -2.37. The monoisotopic (exact) mass is 413 g/mol. The van der Waals surface area contributed by atoms with Crippen LogP contribution in [0, 0.1) is 0 Å². The second-order valence-corrected chi connectivity index (χ2v) is 8.84. The van der Waals surface area contributed by atoms with Crippen molar-refractivity contribution in [2.45, 2.75) is 17.7 Å². The van der Waals surface area contributed by atoms with Crippen molar-refractivity contribution in [3.05, 3.63) is 72.3 Å². The van der Waals surface area contributed by atoms with Crippen LogP contribution in [0.3, 0.4) is 0 Å². The van der Waals surface area contributed by atoms with Crippen molar-refractivity contribution in [2.24, 2.45) is 0 Å². The molecule has 3 rings (SSSR count). The Bertz CT molecular complexity index is 984. The molecule has 1 aliphatic heterocycles. The van der Waals surface area contributed by atoms with Crippen molar-refractivity contribution in [1.82, 2.24) is 4.90 Å². The molecule has 6 nitrogen and oxygen atoms in total. The van der Waals surface area contributed by atoms with E-state index in [-0.39, 0.29) is 29.6 Å². The predicted molar refractivity (Wildman–Crippen MR) is 110 cm³/mol. The summed E-state index contributed by atoms with van der Waals surface area (Å²) >= 11 is 0. The molecule has 7 heteroatoms. The van der Waals surface area contributed by atoms with E-state index in [1.54, 1.807) is 23.1 Å². The van der Waals surface area contributed by atoms with Gasteiger partial charge in [-0.3, -0.25) is 9.59 Å². The quantitative estimate of drug-likeness (QED) is 0.652. The van der Waals surface area contributed by atoms with E-state index in [0.717, 1.165) is 12.0 Å². The van der Waals surface area contributed by atoms with Crippen LogP contribution < -0.4 is 0 Å². The number of esters is 1. The minimum atomic E-state index is -3.55. The highest BCUT2D eigenvalue weighted by molar-refractivity contribution is 7.91. The van der Waals surface area contributed by atoms with Crippen molar-refractivity contribution in [1.29, 1.82) is 0 Å². The first kappa shape index (κ1) is 20.8. The molecule has 0 saturated heterocycles. The Labute approximate surface area is 170 Å². The van der Waals surface area contributed by atoms with E-state index in [4.69, 9.17) is 4.74 Å². The molecule has 152 valence electrons. The summed E-state index contributed by atoms with van der Waals surface area (Å²) in [5, 5.41) is 0. The van der Waals surface area contributed by atoms with Crippen LogP contribution in [0.4, 0.5) is 0 Å². The van der Waals surface area contributed by atoms with Gasteiger partial charge < -0.3 is 9.64 Å². The first-order chi connectivity index (χ1) is 14.0. The maximum atomic E-state index is 12.3. The van der Waals surface area contributed by atoms with Gasteiger partial charge in [-0.1, -0.05) is 54.6 Å². The molecule has 1 aliphatic rings. The molecule has 0 aliphatic carbocycles. The van der Waals surface area contributed by atoms with Crippen LogP contribution in [0.25, 0.3) is 5.57 Å². The van der Waals surface area contributed by atoms with E-state index >= 15 is 0 Å². The number of hydrogen-bond acceptors (Lipinski definition) is 5. The molecule has 2 aromatic carbocycles. The predicted octanol–water partition coefficient (Wildman–Crippen LogP) is 2.71. The minimum Gasteiger partial charge on any atom is -0.456 e. The smallest absolute Gasteiger partial charge is 0.307 e. The minimum absolute atomic E-state index is 0.165. The van der Waals surface area contributed by atoms with Crippen molar-refractivity contribution in [3.63, 3.8) is 0 Å². The lowest BCUT2D eigenvalue weighted by Gasteiger charge is -2.26. The Kier molecular flexibility index (Phi) is 6.82. The first-order valence-corrected chi connectivity index (χ1v) is 11.1. The fourth-order valence-corrected chi connectivity index (χ4v) is 4.32. The number of carbonyl (C=O) groups is 2. The number of carbonyl (C=O) groups excluding carboxylic acids is 2. The van der Waals surface area contributed by atoms with Gasteiger partial charge in [0, 0.05) is 13.1 Å². The van der Waals surface area contributed by atoms with Crippen LogP contribution in [0.5, 0.6) is 0 Å². The van der Waals surface area contributed by atoms with E-state index in [9.17, 15) is 18.0 Å². The Balaban J connectivity index is 1.44. The summed E-state index contributed by atoms with van der Waals surface area (Å²) in [7, 11) is -3.55. The summed E-state index contributed by atoms with van der Waals surface area (Å²) in [6.45, 7) is 0.640. The third-order valence-corrected chi connectivity index (χ3v) is 6.47. The number of ether oxygens (including phenoxy) is 1. The number of sulfone groups is 1. The maximum absolute atomic E-state index is 12.3. The van der Waals surface area contributed by atoms with Gasteiger partial charge in [0.15, 0.2) is 16.4 Å². The molecule has 0 bridgehead atoms. The van der Waals surface area contributed by atoms with Gasteiger partial charge in [0.2, 0.25) is 0 Å². The standard InChI is InChI=1S/C22H23NO5S/c24-21(23-14-11-19(12-15-23)18-7-3-1-4-8-18)17-28-22(25)13-16-29(26,27)20-9-5-2-6-10-20/h1-11H,12-17H2. The van der Waals surface area contributed by atoms with E-state index in [2.05, 4.69) is 0 Å². The lowest BCUT2D eigenvalue weighted by molar-refractivity contribution is -0.151. The van der Waals surface area contributed by atoms with Crippen LogP contribution in [-0.4, -0.2) is 50.6 Å². The third-order valence-electron chi connectivity index (χ3n) is 4.74. The normalized spacial score (nSPS) is 14.2. The highest BCUT2D eigenvalue weighted by Crippen LogP contribution is 2.22. The first-order valence-electron chi connectivity index (χ1n) is 9.41. The largest absolute Gasteiger partial charge is 0.456 e. The summed E-state index contributed by atoms with van der Waals surface area (Å²) in [5.74, 6) is -1.33. The molecule has 0 radical (unpaired) electrons.